The molecule has 0 atom stereocenters. The van der Waals surface area contributed by atoms with Gasteiger partial charge in [-0.3, -0.25) is 4.79 Å². The van der Waals surface area contributed by atoms with E-state index in [9.17, 15) is 31.1 Å². The average molecular weight is 286 g/mol. The van der Waals surface area contributed by atoms with Crippen LogP contribution in [0, 0.1) is 11.3 Å². The highest BCUT2D eigenvalue weighted by Crippen LogP contribution is 2.30. The molecule has 19 heavy (non-hydrogen) atoms. The molecule has 10 heteroatoms. The number of alkyl halides is 6. The number of aromatic nitrogens is 1. The quantitative estimate of drug-likeness (QED) is 0.849. The van der Waals surface area contributed by atoms with Gasteiger partial charge in [0.05, 0.1) is 12.5 Å². The second-order valence-electron chi connectivity index (χ2n) is 3.25. The molecular weight excluding hydrogens is 282 g/mol. The van der Waals surface area contributed by atoms with Crippen LogP contribution in [-0.2, 0) is 12.6 Å². The van der Waals surface area contributed by atoms with E-state index in [1.807, 2.05) is 0 Å². The molecule has 0 aliphatic rings. The van der Waals surface area contributed by atoms with Crippen molar-refractivity contribution in [2.24, 2.45) is 0 Å². The zero-order valence-corrected chi connectivity index (χ0v) is 8.82. The highest BCUT2D eigenvalue weighted by atomic mass is 19.4. The van der Waals surface area contributed by atoms with Crippen LogP contribution >= 0.6 is 0 Å². The molecule has 0 aromatic carbocycles. The number of H-pyrrole nitrogens is 1. The van der Waals surface area contributed by atoms with Crippen LogP contribution in [0.2, 0.25) is 0 Å². The predicted molar refractivity (Wildman–Crippen MR) is 48.1 cm³/mol. The summed E-state index contributed by atoms with van der Waals surface area (Å²) in [5, 5.41) is 8.35. The molecule has 0 saturated heterocycles. The number of nitrogens with zero attached hydrogens (tertiary/aromatic N) is 1. The molecule has 1 aromatic heterocycles. The summed E-state index contributed by atoms with van der Waals surface area (Å²) in [5.74, 6) is -1.37. The van der Waals surface area contributed by atoms with Gasteiger partial charge in [-0.25, -0.2) is 0 Å². The zero-order chi connectivity index (χ0) is 14.8. The molecule has 0 aliphatic carbocycles. The number of hydrogen-bond donors (Lipinski definition) is 1. The highest BCUT2D eigenvalue weighted by molar-refractivity contribution is 5.35. The van der Waals surface area contributed by atoms with Crippen molar-refractivity contribution in [2.45, 2.75) is 19.0 Å². The van der Waals surface area contributed by atoms with Crippen LogP contribution in [0.25, 0.3) is 0 Å². The van der Waals surface area contributed by atoms with Crippen molar-refractivity contribution in [2.75, 3.05) is 0 Å². The molecule has 0 spiro atoms. The lowest BCUT2D eigenvalue weighted by molar-refractivity contribution is -0.275. The normalized spacial score (nSPS) is 12.1. The first-order valence-electron chi connectivity index (χ1n) is 4.50. The number of aromatic amines is 1. The van der Waals surface area contributed by atoms with Gasteiger partial charge in [0.25, 0.3) is 5.56 Å². The van der Waals surface area contributed by atoms with Crippen molar-refractivity contribution in [3.8, 4) is 11.8 Å². The van der Waals surface area contributed by atoms with Gasteiger partial charge in [-0.15, -0.1) is 13.2 Å². The minimum absolute atomic E-state index is 0.228. The number of nitriles is 1. The Kier molecular flexibility index (Phi) is 3.78. The Morgan fingerprint density at radius 3 is 2.26 bits per heavy atom. The first kappa shape index (κ1) is 14.9. The molecule has 1 rings (SSSR count). The van der Waals surface area contributed by atoms with E-state index in [1.165, 1.54) is 11.1 Å². The molecule has 0 radical (unpaired) electrons. The minimum Gasteiger partial charge on any atom is -0.400 e. The van der Waals surface area contributed by atoms with Crippen molar-refractivity contribution < 1.29 is 31.1 Å². The van der Waals surface area contributed by atoms with Crippen molar-refractivity contribution >= 4 is 0 Å². The number of hydrogen-bond acceptors (Lipinski definition) is 3. The molecular formula is C9H4F6N2O2. The van der Waals surface area contributed by atoms with Crippen LogP contribution in [0.15, 0.2) is 10.9 Å². The van der Waals surface area contributed by atoms with Crippen LogP contribution in [0.3, 0.4) is 0 Å². The van der Waals surface area contributed by atoms with Crippen LogP contribution in [0.4, 0.5) is 26.3 Å². The van der Waals surface area contributed by atoms with Crippen molar-refractivity contribution in [3.05, 3.63) is 27.7 Å². The molecule has 1 heterocycles. The predicted octanol–water partition coefficient (Wildman–Crippen LogP) is 2.36. The summed E-state index contributed by atoms with van der Waals surface area (Å²) >= 11 is 0. The second kappa shape index (κ2) is 4.83. The molecule has 104 valence electrons. The maximum absolute atomic E-state index is 12.3. The Hall–Kier alpha value is -2.18. The number of pyridine rings is 1. The Bertz CT molecular complexity index is 566. The molecule has 1 N–H and O–H groups in total. The fourth-order valence-corrected chi connectivity index (χ4v) is 1.20. The lowest BCUT2D eigenvalue weighted by Gasteiger charge is -2.13. The summed E-state index contributed by atoms with van der Waals surface area (Å²) in [6.07, 6.45) is -11.0. The monoisotopic (exact) mass is 286 g/mol. The Balaban J connectivity index is 3.41. The van der Waals surface area contributed by atoms with Gasteiger partial charge in [-0.05, 0) is 6.07 Å². The van der Waals surface area contributed by atoms with Crippen molar-refractivity contribution in [1.29, 1.82) is 5.26 Å². The summed E-state index contributed by atoms with van der Waals surface area (Å²) < 4.78 is 76.3. The zero-order valence-electron chi connectivity index (χ0n) is 8.82. The first-order valence-corrected chi connectivity index (χ1v) is 4.50. The number of rotatable bonds is 2. The van der Waals surface area contributed by atoms with Gasteiger partial charge in [0.2, 0.25) is 0 Å². The van der Waals surface area contributed by atoms with E-state index in [2.05, 4.69) is 4.74 Å². The third-order valence-corrected chi connectivity index (χ3v) is 1.86. The Labute approximate surface area is 101 Å². The molecule has 0 bridgehead atoms. The smallest absolute Gasteiger partial charge is 0.400 e. The van der Waals surface area contributed by atoms with Crippen molar-refractivity contribution in [3.63, 3.8) is 0 Å². The topological polar surface area (TPSA) is 65.9 Å². The Morgan fingerprint density at radius 1 is 1.26 bits per heavy atom. The van der Waals surface area contributed by atoms with E-state index in [0.717, 1.165) is 0 Å². The third kappa shape index (κ3) is 3.90. The van der Waals surface area contributed by atoms with Crippen LogP contribution in [-0.4, -0.2) is 11.3 Å². The minimum atomic E-state index is -5.25. The standard InChI is InChI=1S/C9H4F6N2O2/c10-8(11,12)5-3-4(1-2-16)6(7(18)17-5)19-9(13,14)15/h3H,1H2,(H,17,18). The molecule has 4 nitrogen and oxygen atoms in total. The molecule has 0 fully saturated rings. The molecule has 0 aliphatic heterocycles. The molecule has 0 unspecified atom stereocenters. The summed E-state index contributed by atoms with van der Waals surface area (Å²) in [4.78, 5) is 12.4. The first-order chi connectivity index (χ1) is 8.54. The van der Waals surface area contributed by atoms with E-state index < -0.39 is 41.5 Å². The van der Waals surface area contributed by atoms with E-state index in [-0.39, 0.29) is 6.07 Å². The lowest BCUT2D eigenvalue weighted by atomic mass is 10.1. The van der Waals surface area contributed by atoms with Gasteiger partial charge in [0.1, 0.15) is 5.69 Å². The van der Waals surface area contributed by atoms with E-state index in [0.29, 0.717) is 0 Å². The third-order valence-electron chi connectivity index (χ3n) is 1.86. The summed E-state index contributed by atoms with van der Waals surface area (Å²) in [5.41, 5.74) is -4.06. The summed E-state index contributed by atoms with van der Waals surface area (Å²) in [6, 6.07) is 1.58. The van der Waals surface area contributed by atoms with Gasteiger partial charge in [0.15, 0.2) is 5.75 Å². The lowest BCUT2D eigenvalue weighted by Crippen LogP contribution is -2.26. The average Bonchev–Trinajstić information content (AvgIpc) is 2.20. The Morgan fingerprint density at radius 2 is 1.84 bits per heavy atom. The highest BCUT2D eigenvalue weighted by Gasteiger charge is 2.37. The van der Waals surface area contributed by atoms with E-state index in [4.69, 9.17) is 5.26 Å². The molecule has 0 saturated carbocycles. The fraction of sp³-hybridized carbons (Fsp3) is 0.333. The van der Waals surface area contributed by atoms with Gasteiger partial charge in [-0.1, -0.05) is 0 Å². The van der Waals surface area contributed by atoms with Crippen LogP contribution in [0.5, 0.6) is 5.75 Å². The summed E-state index contributed by atoms with van der Waals surface area (Å²) in [6.45, 7) is 0. The van der Waals surface area contributed by atoms with E-state index >= 15 is 0 Å². The number of ether oxygens (including phenoxy) is 1. The molecule has 1 aromatic rings. The van der Waals surface area contributed by atoms with E-state index in [1.54, 1.807) is 0 Å². The van der Waals surface area contributed by atoms with Crippen molar-refractivity contribution in [1.82, 2.24) is 4.98 Å². The SMILES string of the molecule is N#CCc1cc(C(F)(F)F)[nH]c(=O)c1OC(F)(F)F. The van der Waals surface area contributed by atoms with Gasteiger partial charge < -0.3 is 9.72 Å². The van der Waals surface area contributed by atoms with Gasteiger partial charge >= 0.3 is 12.5 Å². The molecule has 0 amide bonds. The van der Waals surface area contributed by atoms with Gasteiger partial charge in [0, 0.05) is 5.56 Å². The maximum atomic E-state index is 12.3. The summed E-state index contributed by atoms with van der Waals surface area (Å²) in [7, 11) is 0. The second-order valence-corrected chi connectivity index (χ2v) is 3.25. The van der Waals surface area contributed by atoms with Gasteiger partial charge in [-0.2, -0.15) is 18.4 Å². The van der Waals surface area contributed by atoms with Crippen LogP contribution < -0.4 is 10.3 Å². The largest absolute Gasteiger partial charge is 0.573 e. The van der Waals surface area contributed by atoms with Crippen LogP contribution in [0.1, 0.15) is 11.3 Å². The fourth-order valence-electron chi connectivity index (χ4n) is 1.20. The maximum Gasteiger partial charge on any atom is 0.573 e. The number of halogens is 6. The number of nitrogens with one attached hydrogen (secondary N) is 1.